The van der Waals surface area contributed by atoms with Crippen molar-refractivity contribution >= 4 is 11.9 Å². The van der Waals surface area contributed by atoms with Gasteiger partial charge in [0.05, 0.1) is 6.61 Å². The summed E-state index contributed by atoms with van der Waals surface area (Å²) < 4.78 is 11.1. The summed E-state index contributed by atoms with van der Waals surface area (Å²) in [6.45, 7) is 8.25. The molecule has 1 aliphatic carbocycles. The van der Waals surface area contributed by atoms with Gasteiger partial charge in [0.25, 0.3) is 5.91 Å². The van der Waals surface area contributed by atoms with Crippen molar-refractivity contribution in [3.63, 3.8) is 0 Å². The number of H-pyrrole nitrogens is 1. The first-order valence-electron chi connectivity index (χ1n) is 11.3. The lowest BCUT2D eigenvalue weighted by Gasteiger charge is -2.36. The molecule has 31 heavy (non-hydrogen) atoms. The number of carbonyl (C=O) groups is 2. The van der Waals surface area contributed by atoms with Gasteiger partial charge in [0.15, 0.2) is 6.10 Å². The molecular weight excluding hydrogens is 392 g/mol. The van der Waals surface area contributed by atoms with Crippen molar-refractivity contribution < 1.29 is 19.1 Å². The van der Waals surface area contributed by atoms with Crippen LogP contribution < -0.4 is 4.74 Å². The fraction of sp³-hybridized carbons (Fsp3) is 0.520. The normalized spacial score (nSPS) is 15.4. The van der Waals surface area contributed by atoms with Crippen LogP contribution >= 0.6 is 0 Å². The summed E-state index contributed by atoms with van der Waals surface area (Å²) in [5, 5.41) is 0. The number of para-hydroxylation sites is 1. The molecule has 1 aromatic carbocycles. The van der Waals surface area contributed by atoms with Crippen molar-refractivity contribution in [1.29, 1.82) is 0 Å². The Labute approximate surface area is 184 Å². The number of carbonyl (C=O) groups excluding carboxylic acids is 2. The quantitative estimate of drug-likeness (QED) is 0.607. The zero-order valence-electron chi connectivity index (χ0n) is 19.1. The molecule has 1 saturated carbocycles. The Morgan fingerprint density at radius 2 is 1.81 bits per heavy atom. The molecule has 1 fully saturated rings. The van der Waals surface area contributed by atoms with Crippen molar-refractivity contribution in [1.82, 2.24) is 9.88 Å². The number of benzene rings is 1. The molecule has 1 heterocycles. The van der Waals surface area contributed by atoms with Crippen LogP contribution in [0.3, 0.4) is 0 Å². The number of ether oxygens (including phenoxy) is 2. The Morgan fingerprint density at radius 3 is 2.45 bits per heavy atom. The van der Waals surface area contributed by atoms with Gasteiger partial charge in [-0.1, -0.05) is 37.5 Å². The minimum Gasteiger partial charge on any atom is -0.481 e. The van der Waals surface area contributed by atoms with E-state index >= 15 is 0 Å². The highest BCUT2D eigenvalue weighted by Crippen LogP contribution is 2.28. The van der Waals surface area contributed by atoms with Gasteiger partial charge in [-0.05, 0) is 63.8 Å². The van der Waals surface area contributed by atoms with E-state index in [0.717, 1.165) is 42.5 Å². The Hall–Kier alpha value is -2.76. The molecule has 6 heteroatoms. The van der Waals surface area contributed by atoms with Crippen LogP contribution in [0.1, 0.15) is 73.3 Å². The lowest BCUT2D eigenvalue weighted by molar-refractivity contribution is -0.141. The van der Waals surface area contributed by atoms with E-state index in [1.54, 1.807) is 6.92 Å². The predicted octanol–water partition coefficient (Wildman–Crippen LogP) is 4.94. The Bertz CT molecular complexity index is 884. The van der Waals surface area contributed by atoms with Crippen molar-refractivity contribution in [3.8, 4) is 5.75 Å². The lowest BCUT2D eigenvalue weighted by atomic mass is 9.93. The van der Waals surface area contributed by atoms with Gasteiger partial charge in [-0.25, -0.2) is 4.79 Å². The molecule has 0 radical (unpaired) electrons. The van der Waals surface area contributed by atoms with Gasteiger partial charge in [-0.15, -0.1) is 0 Å². The highest BCUT2D eigenvalue weighted by Gasteiger charge is 2.31. The molecule has 3 rings (SSSR count). The summed E-state index contributed by atoms with van der Waals surface area (Å²) in [7, 11) is 0. The number of hydrogen-bond donors (Lipinski definition) is 1. The maximum Gasteiger partial charge on any atom is 0.355 e. The molecule has 2 aromatic rings. The molecule has 1 aromatic heterocycles. The molecule has 0 aliphatic heterocycles. The van der Waals surface area contributed by atoms with Crippen LogP contribution in [0.2, 0.25) is 0 Å². The lowest BCUT2D eigenvalue weighted by Crippen LogP contribution is -2.46. The average Bonchev–Trinajstić information content (AvgIpc) is 3.06. The maximum atomic E-state index is 13.5. The predicted molar refractivity (Wildman–Crippen MR) is 120 cm³/mol. The minimum atomic E-state index is -0.589. The van der Waals surface area contributed by atoms with Crippen LogP contribution in [0, 0.1) is 13.8 Å². The van der Waals surface area contributed by atoms with Gasteiger partial charge in [0, 0.05) is 18.3 Å². The highest BCUT2D eigenvalue weighted by atomic mass is 16.5. The summed E-state index contributed by atoms with van der Waals surface area (Å²) in [5.41, 5.74) is 3.19. The van der Waals surface area contributed by atoms with E-state index < -0.39 is 6.10 Å². The van der Waals surface area contributed by atoms with Gasteiger partial charge in [-0.2, -0.15) is 0 Å². The van der Waals surface area contributed by atoms with E-state index in [4.69, 9.17) is 9.47 Å². The number of aromatic amines is 1. The average molecular weight is 427 g/mol. The first kappa shape index (κ1) is 22.9. The van der Waals surface area contributed by atoms with E-state index in [9.17, 15) is 9.59 Å². The van der Waals surface area contributed by atoms with Gasteiger partial charge in [-0.3, -0.25) is 4.79 Å². The molecule has 0 saturated heterocycles. The van der Waals surface area contributed by atoms with Gasteiger partial charge in [0.2, 0.25) is 0 Å². The van der Waals surface area contributed by atoms with Crippen LogP contribution in [-0.2, 0) is 16.1 Å². The van der Waals surface area contributed by atoms with Crippen LogP contribution in [0.4, 0.5) is 0 Å². The first-order valence-corrected chi connectivity index (χ1v) is 11.3. The van der Waals surface area contributed by atoms with Crippen LogP contribution in [0.15, 0.2) is 30.3 Å². The van der Waals surface area contributed by atoms with E-state index in [2.05, 4.69) is 4.98 Å². The third-order valence-electron chi connectivity index (χ3n) is 6.10. The Balaban J connectivity index is 1.84. The maximum absolute atomic E-state index is 13.5. The van der Waals surface area contributed by atoms with E-state index in [0.29, 0.717) is 24.6 Å². The molecule has 0 spiro atoms. The summed E-state index contributed by atoms with van der Waals surface area (Å²) >= 11 is 0. The number of aryl methyl sites for hydroxylation is 1. The highest BCUT2D eigenvalue weighted by molar-refractivity contribution is 5.90. The van der Waals surface area contributed by atoms with Crippen molar-refractivity contribution in [2.24, 2.45) is 0 Å². The zero-order valence-corrected chi connectivity index (χ0v) is 19.1. The number of esters is 1. The van der Waals surface area contributed by atoms with E-state index in [1.807, 2.05) is 56.0 Å². The number of aromatic nitrogens is 1. The number of nitrogens with one attached hydrogen (secondary N) is 1. The molecule has 0 bridgehead atoms. The summed E-state index contributed by atoms with van der Waals surface area (Å²) in [6, 6.07) is 9.63. The van der Waals surface area contributed by atoms with Crippen molar-refractivity contribution in [3.05, 3.63) is 52.8 Å². The first-order chi connectivity index (χ1) is 14.9. The third kappa shape index (κ3) is 5.49. The largest absolute Gasteiger partial charge is 0.481 e. The van der Waals surface area contributed by atoms with Crippen LogP contribution in [0.5, 0.6) is 5.75 Å². The van der Waals surface area contributed by atoms with Gasteiger partial charge in [0.1, 0.15) is 11.4 Å². The number of rotatable bonds is 8. The topological polar surface area (TPSA) is 71.6 Å². The fourth-order valence-electron chi connectivity index (χ4n) is 4.37. The molecule has 1 N–H and O–H groups in total. The smallest absolute Gasteiger partial charge is 0.355 e. The fourth-order valence-corrected chi connectivity index (χ4v) is 4.37. The van der Waals surface area contributed by atoms with Crippen LogP contribution in [0.25, 0.3) is 0 Å². The summed E-state index contributed by atoms with van der Waals surface area (Å²) in [5.74, 6) is 0.310. The Morgan fingerprint density at radius 1 is 1.13 bits per heavy atom. The standard InChI is InChI=1S/C25H34N2O4/c1-5-30-25(29)23-17(2)22(18(3)26-23)16-27(20-12-8-6-9-13-20)24(28)19(4)31-21-14-10-7-11-15-21/h7,10-11,14-15,19-20,26H,5-6,8-9,12-13,16H2,1-4H3/t19-/m1/s1. The molecule has 168 valence electrons. The minimum absolute atomic E-state index is 0.0200. The second-order valence-electron chi connectivity index (χ2n) is 8.28. The summed E-state index contributed by atoms with van der Waals surface area (Å²) in [6.07, 6.45) is 4.87. The molecular formula is C25H34N2O4. The van der Waals surface area contributed by atoms with E-state index in [-0.39, 0.29) is 17.9 Å². The molecule has 6 nitrogen and oxygen atoms in total. The van der Waals surface area contributed by atoms with Crippen LogP contribution in [-0.4, -0.2) is 40.5 Å². The van der Waals surface area contributed by atoms with Gasteiger partial charge < -0.3 is 19.4 Å². The molecule has 1 amide bonds. The third-order valence-corrected chi connectivity index (χ3v) is 6.10. The van der Waals surface area contributed by atoms with Crippen molar-refractivity contribution in [2.45, 2.75) is 78.5 Å². The molecule has 1 aliphatic rings. The molecule has 0 unspecified atom stereocenters. The second-order valence-corrected chi connectivity index (χ2v) is 8.28. The number of hydrogen-bond acceptors (Lipinski definition) is 4. The van der Waals surface area contributed by atoms with Crippen molar-refractivity contribution in [2.75, 3.05) is 6.61 Å². The number of amides is 1. The zero-order chi connectivity index (χ0) is 22.4. The molecule has 1 atom stereocenters. The van der Waals surface area contributed by atoms with E-state index in [1.165, 1.54) is 6.42 Å². The number of nitrogens with zero attached hydrogens (tertiary/aromatic N) is 1. The Kier molecular flexibility index (Phi) is 7.77. The second kappa shape index (κ2) is 10.5. The monoisotopic (exact) mass is 426 g/mol. The SMILES string of the molecule is CCOC(=O)c1[nH]c(C)c(CN(C(=O)[C@@H](C)Oc2ccccc2)C2CCCCC2)c1C. The van der Waals surface area contributed by atoms with Gasteiger partial charge >= 0.3 is 5.97 Å². The summed E-state index contributed by atoms with van der Waals surface area (Å²) in [4.78, 5) is 31.0.